The Morgan fingerprint density at radius 3 is 2.79 bits per heavy atom. The van der Waals surface area contributed by atoms with Crippen molar-refractivity contribution >= 4 is 0 Å². The third-order valence-corrected chi connectivity index (χ3v) is 7.34. The normalized spacial score (nSPS) is 34.1. The fourth-order valence-electron chi connectivity index (χ4n) is 6.26. The minimum atomic E-state index is 0.658. The molecule has 2 heteroatoms. The van der Waals surface area contributed by atoms with E-state index in [0.717, 1.165) is 18.4 Å². The molecule has 3 heterocycles. The van der Waals surface area contributed by atoms with Crippen molar-refractivity contribution < 1.29 is 0 Å². The fraction of sp³-hybridized carbons (Fsp3) is 0.727. The maximum atomic E-state index is 3.68. The molecule has 0 bridgehead atoms. The lowest BCUT2D eigenvalue weighted by Crippen LogP contribution is -2.43. The van der Waals surface area contributed by atoms with Crippen LogP contribution < -0.4 is 5.32 Å². The Labute approximate surface area is 147 Å². The van der Waals surface area contributed by atoms with Crippen molar-refractivity contribution in [3.05, 3.63) is 34.6 Å². The molecule has 2 unspecified atom stereocenters. The number of piperidine rings is 1. The van der Waals surface area contributed by atoms with Crippen molar-refractivity contribution in [1.29, 1.82) is 0 Å². The Morgan fingerprint density at radius 2 is 1.88 bits per heavy atom. The standard InChI is InChI=1S/C22H32N2/c1-3-7-16(8-4-1)18-11-10-17-9-5-2-6-14-24-20-15-23-13-12-19(20)21(18)22(17)24/h2,6,16,18,20,23H,1,3-5,7-15H2. The Morgan fingerprint density at radius 1 is 0.958 bits per heavy atom. The molecule has 0 radical (unpaired) electrons. The van der Waals surface area contributed by atoms with Gasteiger partial charge in [0.15, 0.2) is 0 Å². The number of allylic oxidation sites excluding steroid dienone is 3. The topological polar surface area (TPSA) is 15.3 Å². The lowest BCUT2D eigenvalue weighted by atomic mass is 9.69. The van der Waals surface area contributed by atoms with Crippen LogP contribution in [-0.2, 0) is 0 Å². The van der Waals surface area contributed by atoms with Crippen molar-refractivity contribution in [3.8, 4) is 0 Å². The largest absolute Gasteiger partial charge is 0.360 e. The molecule has 2 aliphatic carbocycles. The van der Waals surface area contributed by atoms with E-state index in [1.54, 1.807) is 11.3 Å². The zero-order chi connectivity index (χ0) is 15.9. The molecule has 1 N–H and O–H groups in total. The van der Waals surface area contributed by atoms with Gasteiger partial charge in [0.25, 0.3) is 0 Å². The van der Waals surface area contributed by atoms with E-state index in [1.807, 2.05) is 11.1 Å². The van der Waals surface area contributed by atoms with E-state index in [1.165, 1.54) is 77.3 Å². The first-order valence-corrected chi connectivity index (χ1v) is 10.5. The van der Waals surface area contributed by atoms with Crippen molar-refractivity contribution in [1.82, 2.24) is 10.2 Å². The van der Waals surface area contributed by atoms with Crippen LogP contribution in [0.3, 0.4) is 0 Å². The molecule has 5 aliphatic rings. The van der Waals surface area contributed by atoms with Gasteiger partial charge in [0, 0.05) is 18.8 Å². The predicted molar refractivity (Wildman–Crippen MR) is 99.7 cm³/mol. The number of fused-ring (bicyclic) bond motifs is 2. The second-order valence-corrected chi connectivity index (χ2v) is 8.57. The van der Waals surface area contributed by atoms with Crippen LogP contribution in [0.2, 0.25) is 0 Å². The molecule has 5 rings (SSSR count). The summed E-state index contributed by atoms with van der Waals surface area (Å²) in [5.74, 6) is 1.86. The van der Waals surface area contributed by atoms with E-state index in [2.05, 4.69) is 22.4 Å². The molecule has 0 aromatic carbocycles. The number of hydrogen-bond acceptors (Lipinski definition) is 2. The van der Waals surface area contributed by atoms with Gasteiger partial charge in [-0.3, -0.25) is 0 Å². The molecule has 0 aromatic rings. The number of nitrogens with zero attached hydrogens (tertiary/aromatic N) is 1. The summed E-state index contributed by atoms with van der Waals surface area (Å²) in [5.41, 5.74) is 7.24. The van der Waals surface area contributed by atoms with E-state index in [4.69, 9.17) is 0 Å². The van der Waals surface area contributed by atoms with Crippen LogP contribution >= 0.6 is 0 Å². The molecular weight excluding hydrogens is 292 g/mol. The van der Waals surface area contributed by atoms with E-state index in [-0.39, 0.29) is 0 Å². The highest BCUT2D eigenvalue weighted by Crippen LogP contribution is 2.52. The van der Waals surface area contributed by atoms with Crippen LogP contribution in [0.5, 0.6) is 0 Å². The molecular formula is C22H32N2. The molecule has 1 saturated heterocycles. The van der Waals surface area contributed by atoms with Gasteiger partial charge in [0.2, 0.25) is 0 Å². The molecule has 2 atom stereocenters. The third kappa shape index (κ3) is 2.41. The van der Waals surface area contributed by atoms with Gasteiger partial charge in [-0.05, 0) is 80.0 Å². The van der Waals surface area contributed by atoms with Gasteiger partial charge in [0.1, 0.15) is 0 Å². The number of hydrogen-bond donors (Lipinski definition) is 1. The first-order valence-electron chi connectivity index (χ1n) is 10.5. The fourth-order valence-corrected chi connectivity index (χ4v) is 6.26. The van der Waals surface area contributed by atoms with Gasteiger partial charge in [0.05, 0.1) is 6.04 Å². The smallest absolute Gasteiger partial charge is 0.0637 e. The van der Waals surface area contributed by atoms with Gasteiger partial charge in [-0.2, -0.15) is 0 Å². The second-order valence-electron chi connectivity index (χ2n) is 8.57. The summed E-state index contributed by atoms with van der Waals surface area (Å²) in [5, 5.41) is 3.68. The molecule has 2 fully saturated rings. The molecule has 0 spiro atoms. The highest BCUT2D eigenvalue weighted by molar-refractivity contribution is 5.51. The Bertz CT molecular complexity index is 591. The van der Waals surface area contributed by atoms with Gasteiger partial charge < -0.3 is 10.2 Å². The Hall–Kier alpha value is -1.02. The summed E-state index contributed by atoms with van der Waals surface area (Å²) in [6.07, 6.45) is 18.9. The van der Waals surface area contributed by atoms with Crippen LogP contribution in [0, 0.1) is 11.8 Å². The summed E-state index contributed by atoms with van der Waals surface area (Å²) in [7, 11) is 0. The summed E-state index contributed by atoms with van der Waals surface area (Å²) in [4.78, 5) is 2.79. The van der Waals surface area contributed by atoms with Crippen molar-refractivity contribution in [3.63, 3.8) is 0 Å². The Kier molecular flexibility index (Phi) is 4.05. The van der Waals surface area contributed by atoms with Crippen LogP contribution in [0.1, 0.15) is 64.2 Å². The molecule has 0 aromatic heterocycles. The first-order chi connectivity index (χ1) is 11.9. The van der Waals surface area contributed by atoms with Crippen LogP contribution in [-0.4, -0.2) is 30.6 Å². The number of nitrogens with one attached hydrogen (secondary N) is 1. The van der Waals surface area contributed by atoms with Crippen LogP contribution in [0.25, 0.3) is 0 Å². The lowest BCUT2D eigenvalue weighted by molar-refractivity contribution is 0.251. The van der Waals surface area contributed by atoms with E-state index in [0.29, 0.717) is 6.04 Å². The van der Waals surface area contributed by atoms with Gasteiger partial charge >= 0.3 is 0 Å². The average Bonchev–Trinajstić information content (AvgIpc) is 2.95. The van der Waals surface area contributed by atoms with Crippen molar-refractivity contribution in [2.75, 3.05) is 19.6 Å². The van der Waals surface area contributed by atoms with Crippen molar-refractivity contribution in [2.24, 2.45) is 11.8 Å². The zero-order valence-corrected chi connectivity index (χ0v) is 15.0. The third-order valence-electron chi connectivity index (χ3n) is 7.34. The molecule has 130 valence electrons. The summed E-state index contributed by atoms with van der Waals surface area (Å²) in [6.45, 7) is 3.50. The first kappa shape index (κ1) is 15.3. The quantitative estimate of drug-likeness (QED) is 0.712. The summed E-state index contributed by atoms with van der Waals surface area (Å²) in [6, 6.07) is 0.658. The highest BCUT2D eigenvalue weighted by Gasteiger charge is 2.44. The van der Waals surface area contributed by atoms with E-state index >= 15 is 0 Å². The van der Waals surface area contributed by atoms with Crippen molar-refractivity contribution in [2.45, 2.75) is 70.3 Å². The van der Waals surface area contributed by atoms with Gasteiger partial charge in [-0.1, -0.05) is 31.4 Å². The van der Waals surface area contributed by atoms with Crippen LogP contribution in [0.4, 0.5) is 0 Å². The average molecular weight is 325 g/mol. The minimum absolute atomic E-state index is 0.658. The van der Waals surface area contributed by atoms with Gasteiger partial charge in [-0.25, -0.2) is 0 Å². The van der Waals surface area contributed by atoms with E-state index < -0.39 is 0 Å². The maximum absolute atomic E-state index is 3.68. The lowest BCUT2D eigenvalue weighted by Gasteiger charge is -2.39. The minimum Gasteiger partial charge on any atom is -0.360 e. The molecule has 1 saturated carbocycles. The monoisotopic (exact) mass is 324 g/mol. The van der Waals surface area contributed by atoms with E-state index in [9.17, 15) is 0 Å². The van der Waals surface area contributed by atoms with Gasteiger partial charge in [-0.15, -0.1) is 0 Å². The molecule has 0 amide bonds. The zero-order valence-electron chi connectivity index (χ0n) is 15.0. The summed E-state index contributed by atoms with van der Waals surface area (Å²) >= 11 is 0. The molecule has 2 nitrogen and oxygen atoms in total. The number of rotatable bonds is 1. The Balaban J connectivity index is 1.58. The summed E-state index contributed by atoms with van der Waals surface area (Å²) < 4.78 is 0. The highest BCUT2D eigenvalue weighted by atomic mass is 15.2. The molecule has 3 aliphatic heterocycles. The molecule has 24 heavy (non-hydrogen) atoms. The maximum Gasteiger partial charge on any atom is 0.0637 e. The predicted octanol–water partition coefficient (Wildman–Crippen LogP) is 4.55. The second kappa shape index (κ2) is 6.37. The van der Waals surface area contributed by atoms with Crippen LogP contribution in [0.15, 0.2) is 34.6 Å². The SMILES string of the molecule is C1=CCN2C3=C(CC1)CCC(C1CCCCC1)C3=C1CCNCC12.